The normalized spacial score (nSPS) is 19.1. The summed E-state index contributed by atoms with van der Waals surface area (Å²) in [7, 11) is 7.18. The number of alkyl halides is 3. The predicted molar refractivity (Wildman–Crippen MR) is 238 cm³/mol. The second-order valence-electron chi connectivity index (χ2n) is 16.6. The van der Waals surface area contributed by atoms with Crippen LogP contribution in [0.5, 0.6) is 11.6 Å². The Morgan fingerprint density at radius 3 is 2.26 bits per heavy atom. The summed E-state index contributed by atoms with van der Waals surface area (Å²) in [5.74, 6) is -0.173. The van der Waals surface area contributed by atoms with E-state index >= 15 is 0 Å². The molecule has 4 aromatic heterocycles. The first-order valence-corrected chi connectivity index (χ1v) is 24.1. The number of halogens is 4. The molecule has 0 saturated heterocycles. The number of nitrogens with zero attached hydrogens (tertiary/aromatic N) is 8. The Morgan fingerprint density at radius 2 is 1.58 bits per heavy atom. The van der Waals surface area contributed by atoms with Gasteiger partial charge in [0.1, 0.15) is 5.75 Å². The van der Waals surface area contributed by atoms with Crippen LogP contribution < -0.4 is 36.0 Å². The van der Waals surface area contributed by atoms with Crippen molar-refractivity contribution in [2.75, 3.05) is 33.6 Å². The molecule has 8 rings (SSSR count). The van der Waals surface area contributed by atoms with Gasteiger partial charge in [0.2, 0.25) is 5.88 Å². The van der Waals surface area contributed by atoms with Crippen molar-refractivity contribution in [1.29, 1.82) is 0 Å². The summed E-state index contributed by atoms with van der Waals surface area (Å²) in [5, 5.41) is 27.7. The molecule has 2 fully saturated rings. The summed E-state index contributed by atoms with van der Waals surface area (Å²) in [6.07, 6.45) is 6.95. The maximum absolute atomic E-state index is 14.3. The first-order valence-electron chi connectivity index (χ1n) is 21.4. The van der Waals surface area contributed by atoms with E-state index in [2.05, 4.69) is 30.1 Å². The number of aliphatic carboxylic acids is 1. The van der Waals surface area contributed by atoms with Crippen molar-refractivity contribution < 1.29 is 59.3 Å². The topological polar surface area (TPSA) is 181 Å². The monoisotopic (exact) mass is 1020 g/mol. The molecule has 3 N–H and O–H groups in total. The van der Waals surface area contributed by atoms with Crippen LogP contribution in [0.4, 0.5) is 25.1 Å². The fourth-order valence-corrected chi connectivity index (χ4v) is 11.5. The molecule has 19 heteroatoms. The maximum atomic E-state index is 14.3. The predicted octanol–water partition coefficient (Wildman–Crippen LogP) is 6.36. The molecule has 2 aromatic carbocycles. The molecule has 0 spiro atoms. The van der Waals surface area contributed by atoms with E-state index in [0.29, 0.717) is 69.1 Å². The number of ether oxygens (including phenoxy) is 2. The number of carboxylic acids is 1. The molecule has 344 valence electrons. The van der Waals surface area contributed by atoms with Crippen LogP contribution in [0, 0.1) is 5.92 Å². The standard InChI is InChI=1S/C46H50ClF2IN9O6/c1-57(29-17-13-27(14-18-29)50-46(62)63)23-25-19-35-40(51-21-25)42(56-43(54-35)41(48)49)53-34-9-5-8-31(39(34)47)30-7-6-10-36-32(30)22-52-59(36)38-20-37(64-3)33(44(55-38)65-4)24-58(2)28-15-11-26(12-16-28)45(60)61/h5-10,19-22,26-29,41H,11-18,23-24H2,1-4H3,(H,60,61)(H,62,63)(H,53,54,56)/q-1. The fraction of sp³-hybridized carbons (Fsp3) is 0.413. The molecule has 4 heterocycles. The van der Waals surface area contributed by atoms with Crippen molar-refractivity contribution in [1.82, 2.24) is 39.5 Å². The van der Waals surface area contributed by atoms with E-state index in [9.17, 15) is 28.6 Å². The van der Waals surface area contributed by atoms with Crippen LogP contribution in [-0.2, 0) is 17.9 Å². The molecule has 2 saturated carbocycles. The Labute approximate surface area is 389 Å². The number of hydrogen-bond acceptors (Lipinski definition) is 12. The minimum Gasteiger partial charge on any atom is -0.481 e. The van der Waals surface area contributed by atoms with E-state index in [1.807, 2.05) is 50.5 Å². The van der Waals surface area contributed by atoms with Crippen LogP contribution in [0.15, 0.2) is 60.9 Å². The largest absolute Gasteiger partial charge is 0.481 e. The van der Waals surface area contributed by atoms with E-state index in [1.54, 1.807) is 43.4 Å². The van der Waals surface area contributed by atoms with Gasteiger partial charge in [0.25, 0.3) is 0 Å². The van der Waals surface area contributed by atoms with Crippen LogP contribution in [0.1, 0.15) is 74.7 Å². The van der Waals surface area contributed by atoms with E-state index < -0.39 is 43.4 Å². The van der Waals surface area contributed by atoms with Gasteiger partial charge in [-0.25, -0.2) is 13.5 Å². The Morgan fingerprint density at radius 1 is 0.892 bits per heavy atom. The zero-order valence-corrected chi connectivity index (χ0v) is 39.3. The van der Waals surface area contributed by atoms with Gasteiger partial charge in [0, 0.05) is 29.6 Å². The SMILES string of the molecule is COc1cc(-n2ncc3c(-c4cccc(Nc5nc(C(F)F)nc6cc(CN(C)C7CCC([I-]C(=O)O)CC7)cnc56)c4Cl)cccc32)nc(OC)c1CN(C)C1CCC(C(=O)O)CC1. The smallest absolute Gasteiger partial charge is 0.306 e. The quantitative estimate of drug-likeness (QED) is 0.0554. The number of fused-ring (bicyclic) bond motifs is 2. The van der Waals surface area contributed by atoms with Gasteiger partial charge in [-0.2, -0.15) is 10.1 Å². The molecule has 2 aliphatic rings. The summed E-state index contributed by atoms with van der Waals surface area (Å²) in [5.41, 5.74) is 4.73. The first kappa shape index (κ1) is 46.2. The number of nitrogens with one attached hydrogen (secondary N) is 1. The molecule has 65 heavy (non-hydrogen) atoms. The summed E-state index contributed by atoms with van der Waals surface area (Å²) in [6, 6.07) is 15.2. The molecule has 15 nitrogen and oxygen atoms in total. The van der Waals surface area contributed by atoms with E-state index in [0.717, 1.165) is 66.1 Å². The summed E-state index contributed by atoms with van der Waals surface area (Å²) >= 11 is 6.30. The number of hydrogen-bond donors (Lipinski definition) is 3. The van der Waals surface area contributed by atoms with Crippen LogP contribution in [0.3, 0.4) is 0 Å². The number of carbonyl (C=O) groups is 2. The molecular formula is C46H50ClF2IN9O6-. The van der Waals surface area contributed by atoms with Gasteiger partial charge in [0.05, 0.1) is 48.1 Å². The van der Waals surface area contributed by atoms with Crippen LogP contribution in [0.2, 0.25) is 5.02 Å². The van der Waals surface area contributed by atoms with Crippen LogP contribution in [-0.4, -0.2) is 104 Å². The van der Waals surface area contributed by atoms with Gasteiger partial charge in [-0.15, -0.1) is 0 Å². The molecule has 2 aliphatic carbocycles. The Bertz CT molecular complexity index is 2690. The maximum Gasteiger partial charge on any atom is 0.306 e. The molecule has 0 atom stereocenters. The van der Waals surface area contributed by atoms with E-state index in [1.165, 1.54) is 0 Å². The second-order valence-corrected chi connectivity index (χ2v) is 20.3. The summed E-state index contributed by atoms with van der Waals surface area (Å²) < 4.78 is 41.6. The minimum absolute atomic E-state index is 0.0875. The zero-order chi connectivity index (χ0) is 45.9. The van der Waals surface area contributed by atoms with Gasteiger partial charge >= 0.3 is 162 Å². The molecule has 0 unspecified atom stereocenters. The molecule has 0 bridgehead atoms. The van der Waals surface area contributed by atoms with Crippen molar-refractivity contribution in [3.05, 3.63) is 82.9 Å². The third-order valence-electron chi connectivity index (χ3n) is 12.6. The van der Waals surface area contributed by atoms with Crippen LogP contribution in [0.25, 0.3) is 38.9 Å². The number of pyridine rings is 2. The average Bonchev–Trinajstić information content (AvgIpc) is 3.74. The third-order valence-corrected chi connectivity index (χ3v) is 15.7. The Kier molecular flexibility index (Phi) is 14.3. The van der Waals surface area contributed by atoms with Gasteiger partial charge in [-0.05, 0) is 50.4 Å². The number of carboxylic acid groups (broad SMARTS) is 2. The van der Waals surface area contributed by atoms with Gasteiger partial charge in [0.15, 0.2) is 5.82 Å². The van der Waals surface area contributed by atoms with Crippen molar-refractivity contribution in [2.24, 2.45) is 5.92 Å². The molecule has 0 amide bonds. The number of methoxy groups -OCH3 is 2. The molecule has 0 radical (unpaired) electrons. The minimum atomic E-state index is -2.94. The van der Waals surface area contributed by atoms with Gasteiger partial charge < -0.3 is 14.6 Å². The fourth-order valence-electron chi connectivity index (χ4n) is 9.18. The summed E-state index contributed by atoms with van der Waals surface area (Å²) in [6.45, 7) is 1.01. The van der Waals surface area contributed by atoms with E-state index in [4.69, 9.17) is 31.2 Å². The second kappa shape index (κ2) is 20.1. The zero-order valence-electron chi connectivity index (χ0n) is 36.3. The van der Waals surface area contributed by atoms with Crippen LogP contribution >= 0.6 is 11.6 Å². The van der Waals surface area contributed by atoms with E-state index in [-0.39, 0.29) is 29.3 Å². The van der Waals surface area contributed by atoms with Crippen molar-refractivity contribution >= 4 is 55.0 Å². The summed E-state index contributed by atoms with van der Waals surface area (Å²) in [4.78, 5) is 45.1. The average molecular weight is 1030 g/mol. The third kappa shape index (κ3) is 10.1. The number of benzene rings is 2. The first-order chi connectivity index (χ1) is 31.3. The Balaban J connectivity index is 1.04. The Hall–Kier alpha value is -5.31. The number of aromatic nitrogens is 6. The van der Waals surface area contributed by atoms with Gasteiger partial charge in [-0.1, -0.05) is 35.9 Å². The number of anilines is 2. The molecular weight excluding hydrogens is 975 g/mol. The van der Waals surface area contributed by atoms with Crippen molar-refractivity contribution in [2.45, 2.75) is 86.9 Å². The number of rotatable bonds is 16. The molecule has 0 aliphatic heterocycles. The van der Waals surface area contributed by atoms with Gasteiger partial charge in [-0.3, -0.25) is 9.69 Å². The molecule has 6 aromatic rings. The van der Waals surface area contributed by atoms with Crippen molar-refractivity contribution in [3.8, 4) is 28.6 Å². The van der Waals surface area contributed by atoms with Crippen molar-refractivity contribution in [3.63, 3.8) is 0 Å².